The zero-order valence-corrected chi connectivity index (χ0v) is 7.60. The van der Waals surface area contributed by atoms with E-state index in [9.17, 15) is 0 Å². The minimum absolute atomic E-state index is 0.226. The summed E-state index contributed by atoms with van der Waals surface area (Å²) in [6.45, 7) is 2.73. The molecular formula is C8H11BrO. The maximum Gasteiger partial charge on any atom is 0.144 e. The van der Waals surface area contributed by atoms with Crippen molar-refractivity contribution in [1.29, 1.82) is 0 Å². The van der Waals surface area contributed by atoms with Gasteiger partial charge in [-0.2, -0.15) is 0 Å². The molecule has 0 amide bonds. The van der Waals surface area contributed by atoms with E-state index in [-0.39, 0.29) is 4.51 Å². The van der Waals surface area contributed by atoms with Crippen LogP contribution in [0.15, 0.2) is 24.3 Å². The lowest BCUT2D eigenvalue weighted by atomic mass is 10.1. The predicted molar refractivity (Wildman–Crippen MR) is 46.2 cm³/mol. The maximum absolute atomic E-state index is 5.45. The molecule has 0 fully saturated rings. The van der Waals surface area contributed by atoms with Gasteiger partial charge in [-0.1, -0.05) is 18.2 Å². The van der Waals surface area contributed by atoms with Crippen LogP contribution in [0.1, 0.15) is 13.3 Å². The van der Waals surface area contributed by atoms with Gasteiger partial charge in [0, 0.05) is 13.0 Å². The monoisotopic (exact) mass is 202 g/mol. The van der Waals surface area contributed by atoms with Crippen molar-refractivity contribution in [3.8, 4) is 0 Å². The Morgan fingerprint density at radius 2 is 2.40 bits per heavy atom. The van der Waals surface area contributed by atoms with Crippen LogP contribution in [-0.4, -0.2) is 11.1 Å². The van der Waals surface area contributed by atoms with Crippen LogP contribution in [0.25, 0.3) is 0 Å². The fraction of sp³-hybridized carbons (Fsp3) is 0.500. The smallest absolute Gasteiger partial charge is 0.144 e. The van der Waals surface area contributed by atoms with Gasteiger partial charge in [-0.25, -0.2) is 0 Å². The molecule has 0 N–H and O–H groups in total. The van der Waals surface area contributed by atoms with E-state index in [4.69, 9.17) is 4.74 Å². The predicted octanol–water partition coefficient (Wildman–Crippen LogP) is 2.63. The third-order valence-electron chi connectivity index (χ3n) is 1.37. The van der Waals surface area contributed by atoms with Crippen LogP contribution in [0.5, 0.6) is 0 Å². The zero-order chi connectivity index (χ0) is 7.45. The largest absolute Gasteiger partial charge is 0.360 e. The van der Waals surface area contributed by atoms with Gasteiger partial charge in [0.1, 0.15) is 4.51 Å². The summed E-state index contributed by atoms with van der Waals surface area (Å²) in [5.74, 6) is 0. The molecule has 2 heteroatoms. The van der Waals surface area contributed by atoms with E-state index >= 15 is 0 Å². The van der Waals surface area contributed by atoms with Crippen molar-refractivity contribution in [1.82, 2.24) is 0 Å². The van der Waals surface area contributed by atoms with E-state index in [0.717, 1.165) is 13.0 Å². The van der Waals surface area contributed by atoms with Crippen molar-refractivity contribution >= 4 is 15.9 Å². The summed E-state index contributed by atoms with van der Waals surface area (Å²) in [6, 6.07) is 0. The van der Waals surface area contributed by atoms with Gasteiger partial charge in [0.15, 0.2) is 0 Å². The Balaban J connectivity index is 2.52. The fourth-order valence-electron chi connectivity index (χ4n) is 0.922. The number of allylic oxidation sites excluding steroid dienone is 2. The van der Waals surface area contributed by atoms with Crippen LogP contribution in [0.2, 0.25) is 0 Å². The molecule has 0 aromatic heterocycles. The molecular weight excluding hydrogens is 192 g/mol. The first-order chi connectivity index (χ1) is 4.77. The van der Waals surface area contributed by atoms with Crippen molar-refractivity contribution in [2.45, 2.75) is 17.9 Å². The lowest BCUT2D eigenvalue weighted by molar-refractivity contribution is 0.0768. The minimum Gasteiger partial charge on any atom is -0.360 e. The molecule has 0 saturated heterocycles. The van der Waals surface area contributed by atoms with Crippen molar-refractivity contribution in [2.75, 3.05) is 6.61 Å². The lowest BCUT2D eigenvalue weighted by Crippen LogP contribution is -2.22. The molecule has 0 saturated carbocycles. The molecule has 0 aromatic rings. The zero-order valence-electron chi connectivity index (χ0n) is 6.01. The molecule has 1 aliphatic rings. The highest BCUT2D eigenvalue weighted by Crippen LogP contribution is 2.28. The van der Waals surface area contributed by atoms with E-state index in [0.29, 0.717) is 0 Å². The first-order valence-corrected chi connectivity index (χ1v) is 4.23. The molecule has 0 spiro atoms. The number of hydrogen-bond acceptors (Lipinski definition) is 1. The Kier molecular flexibility index (Phi) is 2.69. The summed E-state index contributed by atoms with van der Waals surface area (Å²) in [5.41, 5.74) is 0. The first-order valence-electron chi connectivity index (χ1n) is 3.44. The van der Waals surface area contributed by atoms with Crippen molar-refractivity contribution in [3.05, 3.63) is 24.3 Å². The Labute approximate surface area is 69.9 Å². The van der Waals surface area contributed by atoms with Crippen LogP contribution in [0.4, 0.5) is 0 Å². The minimum atomic E-state index is -0.226. The molecule has 0 bridgehead atoms. The highest BCUT2D eigenvalue weighted by atomic mass is 79.9. The molecule has 1 aliphatic carbocycles. The molecule has 56 valence electrons. The van der Waals surface area contributed by atoms with Crippen molar-refractivity contribution in [2.24, 2.45) is 0 Å². The molecule has 1 atom stereocenters. The summed E-state index contributed by atoms with van der Waals surface area (Å²) < 4.78 is 5.22. The molecule has 1 rings (SSSR count). The SMILES string of the molecule is CCOC1(Br)C=CC=CC1. The number of rotatable bonds is 2. The van der Waals surface area contributed by atoms with E-state index in [2.05, 4.69) is 22.0 Å². The molecule has 0 aromatic carbocycles. The van der Waals surface area contributed by atoms with Crippen LogP contribution < -0.4 is 0 Å². The summed E-state index contributed by atoms with van der Waals surface area (Å²) in [7, 11) is 0. The van der Waals surface area contributed by atoms with Gasteiger partial charge in [-0.15, -0.1) is 0 Å². The molecule has 0 radical (unpaired) electrons. The molecule has 0 aliphatic heterocycles. The summed E-state index contributed by atoms with van der Waals surface area (Å²) in [5, 5.41) is 0. The standard InChI is InChI=1S/C8H11BrO/c1-2-10-8(9)6-4-3-5-7-8/h3-6H,2,7H2,1H3. The van der Waals surface area contributed by atoms with Crippen LogP contribution in [0.3, 0.4) is 0 Å². The maximum atomic E-state index is 5.45. The second-order valence-corrected chi connectivity index (χ2v) is 3.55. The van der Waals surface area contributed by atoms with E-state index < -0.39 is 0 Å². The van der Waals surface area contributed by atoms with Gasteiger partial charge in [0.2, 0.25) is 0 Å². The second-order valence-electron chi connectivity index (χ2n) is 2.21. The van der Waals surface area contributed by atoms with Gasteiger partial charge in [0.25, 0.3) is 0 Å². The molecule has 10 heavy (non-hydrogen) atoms. The average molecular weight is 203 g/mol. The normalized spacial score (nSPS) is 31.0. The van der Waals surface area contributed by atoms with Crippen molar-refractivity contribution < 1.29 is 4.74 Å². The van der Waals surface area contributed by atoms with Gasteiger partial charge >= 0.3 is 0 Å². The van der Waals surface area contributed by atoms with Crippen LogP contribution in [-0.2, 0) is 4.74 Å². The summed E-state index contributed by atoms with van der Waals surface area (Å²) >= 11 is 3.50. The quantitative estimate of drug-likeness (QED) is 0.627. The van der Waals surface area contributed by atoms with E-state index in [1.54, 1.807) is 0 Å². The number of ether oxygens (including phenoxy) is 1. The van der Waals surface area contributed by atoms with Crippen LogP contribution in [0, 0.1) is 0 Å². The Hall–Kier alpha value is -0.0800. The Bertz CT molecular complexity index is 163. The third-order valence-corrected chi connectivity index (χ3v) is 2.19. The van der Waals surface area contributed by atoms with E-state index in [1.165, 1.54) is 0 Å². The molecule has 0 heterocycles. The molecule has 1 unspecified atom stereocenters. The molecule has 1 nitrogen and oxygen atoms in total. The van der Waals surface area contributed by atoms with Gasteiger partial charge < -0.3 is 4.74 Å². The van der Waals surface area contributed by atoms with E-state index in [1.807, 2.05) is 25.2 Å². The number of halogens is 1. The summed E-state index contributed by atoms with van der Waals surface area (Å²) in [6.07, 6.45) is 9.05. The lowest BCUT2D eigenvalue weighted by Gasteiger charge is -2.23. The number of hydrogen-bond donors (Lipinski definition) is 0. The highest BCUT2D eigenvalue weighted by molar-refractivity contribution is 9.10. The topological polar surface area (TPSA) is 9.23 Å². The highest BCUT2D eigenvalue weighted by Gasteiger charge is 2.22. The number of alkyl halides is 1. The first kappa shape index (κ1) is 8.02. The van der Waals surface area contributed by atoms with Gasteiger partial charge in [-0.05, 0) is 28.9 Å². The Morgan fingerprint density at radius 3 is 2.90 bits per heavy atom. The van der Waals surface area contributed by atoms with Crippen LogP contribution >= 0.6 is 15.9 Å². The fourth-order valence-corrected chi connectivity index (χ4v) is 1.49. The third kappa shape index (κ3) is 1.96. The Morgan fingerprint density at radius 1 is 1.60 bits per heavy atom. The average Bonchev–Trinajstić information content (AvgIpc) is 1.89. The second kappa shape index (κ2) is 3.35. The summed E-state index contributed by atoms with van der Waals surface area (Å²) in [4.78, 5) is 0. The van der Waals surface area contributed by atoms with Crippen molar-refractivity contribution in [3.63, 3.8) is 0 Å². The van der Waals surface area contributed by atoms with Gasteiger partial charge in [0.05, 0.1) is 0 Å². The van der Waals surface area contributed by atoms with Gasteiger partial charge in [-0.3, -0.25) is 0 Å².